The summed E-state index contributed by atoms with van der Waals surface area (Å²) in [5.74, 6) is 3.03. The van der Waals surface area contributed by atoms with Crippen molar-refractivity contribution in [2.24, 2.45) is 4.99 Å². The highest BCUT2D eigenvalue weighted by Crippen LogP contribution is 2.11. The second-order valence-electron chi connectivity index (χ2n) is 6.02. The Kier molecular flexibility index (Phi) is 9.64. The van der Waals surface area contributed by atoms with E-state index in [0.717, 1.165) is 13.0 Å². The lowest BCUT2D eigenvalue weighted by Crippen LogP contribution is -2.47. The van der Waals surface area contributed by atoms with Crippen molar-refractivity contribution in [3.63, 3.8) is 0 Å². The molecule has 1 unspecified atom stereocenters. The lowest BCUT2D eigenvalue weighted by Gasteiger charge is -2.18. The Hall–Kier alpha value is -2.28. The second kappa shape index (κ2) is 11.4. The minimum atomic E-state index is -0.198. The molecule has 0 aliphatic carbocycles. The highest BCUT2D eigenvalue weighted by molar-refractivity contribution is 14.0. The van der Waals surface area contributed by atoms with E-state index in [1.54, 1.807) is 31.3 Å². The van der Waals surface area contributed by atoms with Crippen molar-refractivity contribution in [3.05, 3.63) is 29.8 Å². The van der Waals surface area contributed by atoms with Crippen LogP contribution in [0.2, 0.25) is 0 Å². The molecule has 1 atom stereocenters. The first kappa shape index (κ1) is 22.8. The normalized spacial score (nSPS) is 16.1. The van der Waals surface area contributed by atoms with Gasteiger partial charge in [0.15, 0.2) is 5.96 Å². The van der Waals surface area contributed by atoms with Crippen LogP contribution in [0.15, 0.2) is 29.3 Å². The van der Waals surface area contributed by atoms with Gasteiger partial charge in [-0.3, -0.25) is 14.6 Å². The van der Waals surface area contributed by atoms with Crippen LogP contribution in [0, 0.1) is 12.3 Å². The number of carbonyl (C=O) groups is 2. The average molecular weight is 483 g/mol. The van der Waals surface area contributed by atoms with Crippen molar-refractivity contribution >= 4 is 47.4 Å². The smallest absolute Gasteiger partial charge is 0.243 e. The van der Waals surface area contributed by atoms with Gasteiger partial charge in [-0.1, -0.05) is 18.9 Å². The lowest BCUT2D eigenvalue weighted by atomic mass is 10.2. The Labute approximate surface area is 177 Å². The molecule has 1 aromatic rings. The predicted octanol–water partition coefficient (Wildman–Crippen LogP) is 1.40. The number of anilines is 1. The molecule has 0 aromatic heterocycles. The molecule has 0 bridgehead atoms. The van der Waals surface area contributed by atoms with Crippen LogP contribution in [-0.2, 0) is 9.59 Å². The van der Waals surface area contributed by atoms with Crippen LogP contribution >= 0.6 is 24.0 Å². The number of amides is 2. The highest BCUT2D eigenvalue weighted by atomic mass is 127. The Balaban J connectivity index is 0.00000364. The summed E-state index contributed by atoms with van der Waals surface area (Å²) in [4.78, 5) is 29.8. The fraction of sp³-hybridized carbons (Fsp3) is 0.421. The molecule has 1 aliphatic rings. The summed E-state index contributed by atoms with van der Waals surface area (Å²) >= 11 is 0. The van der Waals surface area contributed by atoms with Gasteiger partial charge in [0.2, 0.25) is 11.8 Å². The number of aliphatic imine (C=N–C) groups is 1. The summed E-state index contributed by atoms with van der Waals surface area (Å²) in [6, 6.07) is 7.25. The third-order valence-electron chi connectivity index (χ3n) is 4.14. The van der Waals surface area contributed by atoms with Gasteiger partial charge in [0.1, 0.15) is 0 Å². The van der Waals surface area contributed by atoms with E-state index in [1.807, 2.05) is 11.8 Å². The minimum Gasteiger partial charge on any atom is -0.352 e. The second-order valence-corrected chi connectivity index (χ2v) is 6.02. The summed E-state index contributed by atoms with van der Waals surface area (Å²) in [6.07, 6.45) is 6.73. The molecule has 2 amide bonds. The zero-order valence-electron chi connectivity index (χ0n) is 15.6. The summed E-state index contributed by atoms with van der Waals surface area (Å²) in [6.45, 7) is 3.33. The molecule has 146 valence electrons. The quantitative estimate of drug-likeness (QED) is 0.256. The molecule has 7 nitrogen and oxygen atoms in total. The molecular formula is C19H26IN5O2. The number of nitrogens with one attached hydrogen (secondary N) is 3. The maximum Gasteiger partial charge on any atom is 0.243 e. The van der Waals surface area contributed by atoms with Gasteiger partial charge in [-0.15, -0.1) is 30.4 Å². The van der Waals surface area contributed by atoms with E-state index in [1.165, 1.54) is 0 Å². The van der Waals surface area contributed by atoms with Crippen LogP contribution in [0.5, 0.6) is 0 Å². The highest BCUT2D eigenvalue weighted by Gasteiger charge is 2.25. The maximum atomic E-state index is 12.1. The van der Waals surface area contributed by atoms with E-state index < -0.39 is 0 Å². The molecule has 0 saturated carbocycles. The summed E-state index contributed by atoms with van der Waals surface area (Å²) in [5.41, 5.74) is 1.36. The molecule has 1 aliphatic heterocycles. The van der Waals surface area contributed by atoms with Gasteiger partial charge in [-0.05, 0) is 24.6 Å². The number of benzene rings is 1. The van der Waals surface area contributed by atoms with Crippen LogP contribution < -0.4 is 16.0 Å². The molecule has 0 radical (unpaired) electrons. The predicted molar refractivity (Wildman–Crippen MR) is 118 cm³/mol. The number of halogens is 1. The van der Waals surface area contributed by atoms with Gasteiger partial charge in [-0.25, -0.2) is 0 Å². The van der Waals surface area contributed by atoms with E-state index in [0.29, 0.717) is 30.2 Å². The Morgan fingerprint density at radius 3 is 2.85 bits per heavy atom. The Bertz CT molecular complexity index is 729. The first-order chi connectivity index (χ1) is 12.5. The largest absolute Gasteiger partial charge is 0.352 e. The van der Waals surface area contributed by atoms with Crippen LogP contribution in [0.4, 0.5) is 5.69 Å². The Morgan fingerprint density at radius 1 is 1.41 bits per heavy atom. The first-order valence-corrected chi connectivity index (χ1v) is 8.67. The molecule has 1 heterocycles. The summed E-state index contributed by atoms with van der Waals surface area (Å²) in [5, 5.41) is 9.02. The molecule has 1 fully saturated rings. The zero-order chi connectivity index (χ0) is 18.9. The fourth-order valence-electron chi connectivity index (χ4n) is 2.77. The van der Waals surface area contributed by atoms with Gasteiger partial charge in [0.25, 0.3) is 0 Å². The van der Waals surface area contributed by atoms with E-state index >= 15 is 0 Å². The van der Waals surface area contributed by atoms with Gasteiger partial charge in [0.05, 0.1) is 6.54 Å². The third-order valence-corrected chi connectivity index (χ3v) is 4.14. The first-order valence-electron chi connectivity index (χ1n) is 8.67. The van der Waals surface area contributed by atoms with E-state index in [9.17, 15) is 9.59 Å². The van der Waals surface area contributed by atoms with Crippen molar-refractivity contribution < 1.29 is 9.59 Å². The maximum absolute atomic E-state index is 12.1. The number of rotatable bonds is 5. The molecule has 27 heavy (non-hydrogen) atoms. The van der Waals surface area contributed by atoms with Gasteiger partial charge in [0, 0.05) is 43.9 Å². The Morgan fingerprint density at radius 2 is 2.19 bits per heavy atom. The van der Waals surface area contributed by atoms with Crippen LogP contribution in [0.25, 0.3) is 0 Å². The monoisotopic (exact) mass is 483 g/mol. The van der Waals surface area contributed by atoms with Gasteiger partial charge >= 0.3 is 0 Å². The number of terminal acetylenes is 1. The number of likely N-dealkylation sites (tertiary alicyclic amines) is 1. The minimum absolute atomic E-state index is 0. The summed E-state index contributed by atoms with van der Waals surface area (Å²) < 4.78 is 0. The molecule has 3 N–H and O–H groups in total. The van der Waals surface area contributed by atoms with E-state index in [2.05, 4.69) is 26.9 Å². The van der Waals surface area contributed by atoms with Gasteiger partial charge in [-0.2, -0.15) is 0 Å². The molecule has 1 saturated heterocycles. The number of nitrogens with zero attached hydrogens (tertiary/aromatic N) is 2. The molecule has 2 rings (SSSR count). The number of hydrogen-bond acceptors (Lipinski definition) is 3. The van der Waals surface area contributed by atoms with Crippen molar-refractivity contribution in [1.29, 1.82) is 0 Å². The van der Waals surface area contributed by atoms with Crippen molar-refractivity contribution in [1.82, 2.24) is 15.5 Å². The fourth-order valence-corrected chi connectivity index (χ4v) is 2.77. The number of guanidine groups is 1. The van der Waals surface area contributed by atoms with Crippen molar-refractivity contribution in [2.75, 3.05) is 32.0 Å². The molecular weight excluding hydrogens is 457 g/mol. The third kappa shape index (κ3) is 7.09. The van der Waals surface area contributed by atoms with Gasteiger partial charge < -0.3 is 20.9 Å². The van der Waals surface area contributed by atoms with E-state index in [-0.39, 0.29) is 48.4 Å². The average Bonchev–Trinajstić information content (AvgIpc) is 3.13. The SMILES string of the molecule is C#Cc1cccc(NC(=O)CNC(=NC)NC2CCN(C(=O)CC)C2)c1.I. The number of carbonyl (C=O) groups excluding carboxylic acids is 2. The topological polar surface area (TPSA) is 85.8 Å². The van der Waals surface area contributed by atoms with Crippen molar-refractivity contribution in [2.45, 2.75) is 25.8 Å². The summed E-state index contributed by atoms with van der Waals surface area (Å²) in [7, 11) is 1.65. The molecule has 8 heteroatoms. The molecule has 1 aromatic carbocycles. The van der Waals surface area contributed by atoms with E-state index in [4.69, 9.17) is 6.42 Å². The standard InChI is InChI=1S/C19H25N5O2.HI/c1-4-14-7-6-8-15(11-14)22-17(25)12-21-19(20-3)23-16-9-10-24(13-16)18(26)5-2;/h1,6-8,11,16H,5,9-10,12-13H2,2-3H3,(H,22,25)(H2,20,21,23);1H. The van der Waals surface area contributed by atoms with Crippen LogP contribution in [0.3, 0.4) is 0 Å². The van der Waals surface area contributed by atoms with Crippen LogP contribution in [0.1, 0.15) is 25.3 Å². The molecule has 0 spiro atoms. The number of hydrogen-bond donors (Lipinski definition) is 3. The lowest BCUT2D eigenvalue weighted by molar-refractivity contribution is -0.129. The zero-order valence-corrected chi connectivity index (χ0v) is 17.9. The van der Waals surface area contributed by atoms with Crippen LogP contribution in [-0.4, -0.2) is 55.4 Å². The van der Waals surface area contributed by atoms with Crippen molar-refractivity contribution in [3.8, 4) is 12.3 Å².